The minimum atomic E-state index is 0.404. The molecule has 0 radical (unpaired) electrons. The summed E-state index contributed by atoms with van der Waals surface area (Å²) in [5.41, 5.74) is 7.55. The molecule has 0 aliphatic heterocycles. The molecule has 0 unspecified atom stereocenters. The molecule has 5 nitrogen and oxygen atoms in total. The van der Waals surface area contributed by atoms with Crippen molar-refractivity contribution in [2.75, 3.05) is 5.32 Å². The highest BCUT2D eigenvalue weighted by atomic mass is 35.5. The van der Waals surface area contributed by atoms with Gasteiger partial charge in [-0.15, -0.1) is 0 Å². The standard InChI is InChI=1S/C15H18ClN5S/c1-9-13(16)6-5-7-14(9)18-15(22)19-17-8-12-10(2)20-21(4)11(12)3/h5-8H,1-4H3,(H2,18,19,22)/b17-8+. The molecule has 0 atom stereocenters. The van der Waals surface area contributed by atoms with Crippen molar-refractivity contribution in [1.29, 1.82) is 0 Å². The number of nitrogens with zero attached hydrogens (tertiary/aromatic N) is 3. The molecule has 0 amide bonds. The molecule has 0 saturated heterocycles. The Labute approximate surface area is 140 Å². The normalized spacial score (nSPS) is 11.0. The van der Waals surface area contributed by atoms with Crippen LogP contribution in [0.1, 0.15) is 22.5 Å². The predicted molar refractivity (Wildman–Crippen MR) is 95.8 cm³/mol. The van der Waals surface area contributed by atoms with Gasteiger partial charge in [-0.2, -0.15) is 10.2 Å². The highest BCUT2D eigenvalue weighted by molar-refractivity contribution is 7.80. The van der Waals surface area contributed by atoms with Crippen LogP contribution >= 0.6 is 23.8 Å². The van der Waals surface area contributed by atoms with Crippen LogP contribution in [-0.2, 0) is 7.05 Å². The third-order valence-electron chi connectivity index (χ3n) is 3.44. The van der Waals surface area contributed by atoms with Crippen molar-refractivity contribution in [3.8, 4) is 0 Å². The van der Waals surface area contributed by atoms with Gasteiger partial charge in [0.2, 0.25) is 0 Å². The molecule has 2 rings (SSSR count). The van der Waals surface area contributed by atoms with Gasteiger partial charge in [0.25, 0.3) is 0 Å². The van der Waals surface area contributed by atoms with E-state index in [4.69, 9.17) is 23.8 Å². The lowest BCUT2D eigenvalue weighted by molar-refractivity contribution is 0.731. The van der Waals surface area contributed by atoms with Crippen molar-refractivity contribution in [2.45, 2.75) is 20.8 Å². The Morgan fingerprint density at radius 1 is 1.36 bits per heavy atom. The first kappa shape index (κ1) is 16.5. The molecule has 2 N–H and O–H groups in total. The van der Waals surface area contributed by atoms with E-state index in [2.05, 4.69) is 20.9 Å². The molecule has 22 heavy (non-hydrogen) atoms. The van der Waals surface area contributed by atoms with Crippen LogP contribution in [0.3, 0.4) is 0 Å². The fraction of sp³-hybridized carbons (Fsp3) is 0.267. The van der Waals surface area contributed by atoms with E-state index in [1.807, 2.05) is 50.7 Å². The number of hydrogen-bond donors (Lipinski definition) is 2. The van der Waals surface area contributed by atoms with Crippen molar-refractivity contribution < 1.29 is 0 Å². The number of aromatic nitrogens is 2. The Bertz CT molecular complexity index is 736. The summed E-state index contributed by atoms with van der Waals surface area (Å²) in [6, 6.07) is 5.62. The number of halogens is 1. The Hall–Kier alpha value is -1.92. The van der Waals surface area contributed by atoms with E-state index >= 15 is 0 Å². The first-order valence-electron chi connectivity index (χ1n) is 6.75. The van der Waals surface area contributed by atoms with Gasteiger partial charge in [0.15, 0.2) is 5.11 Å². The van der Waals surface area contributed by atoms with Gasteiger partial charge in [0.1, 0.15) is 0 Å². The first-order chi connectivity index (χ1) is 10.4. The molecule has 116 valence electrons. The molecule has 0 fully saturated rings. The zero-order chi connectivity index (χ0) is 16.3. The van der Waals surface area contributed by atoms with Gasteiger partial charge >= 0.3 is 0 Å². The number of hydrogen-bond acceptors (Lipinski definition) is 3. The van der Waals surface area contributed by atoms with E-state index in [0.717, 1.165) is 28.2 Å². The van der Waals surface area contributed by atoms with Crippen molar-refractivity contribution in [1.82, 2.24) is 15.2 Å². The van der Waals surface area contributed by atoms with Crippen LogP contribution in [0.15, 0.2) is 23.3 Å². The van der Waals surface area contributed by atoms with Gasteiger partial charge in [0, 0.05) is 29.0 Å². The number of aryl methyl sites for hydroxylation is 2. The minimum absolute atomic E-state index is 0.404. The van der Waals surface area contributed by atoms with Crippen LogP contribution < -0.4 is 10.7 Å². The molecule has 0 saturated carbocycles. The van der Waals surface area contributed by atoms with Crippen LogP contribution in [0, 0.1) is 20.8 Å². The molecular formula is C15H18ClN5S. The molecule has 1 aromatic heterocycles. The second-order valence-electron chi connectivity index (χ2n) is 4.94. The molecule has 0 aliphatic rings. The lowest BCUT2D eigenvalue weighted by Gasteiger charge is -2.10. The summed E-state index contributed by atoms with van der Waals surface area (Å²) in [5.74, 6) is 0. The second-order valence-corrected chi connectivity index (χ2v) is 5.76. The average Bonchev–Trinajstić information content (AvgIpc) is 2.70. The number of hydrazone groups is 1. The SMILES string of the molecule is Cc1nn(C)c(C)c1/C=N/NC(=S)Nc1cccc(Cl)c1C. The van der Waals surface area contributed by atoms with E-state index in [1.165, 1.54) is 0 Å². The smallest absolute Gasteiger partial charge is 0.191 e. The number of benzene rings is 1. The van der Waals surface area contributed by atoms with Crippen LogP contribution in [0.4, 0.5) is 5.69 Å². The van der Waals surface area contributed by atoms with Crippen molar-refractivity contribution in [2.24, 2.45) is 12.1 Å². The van der Waals surface area contributed by atoms with Crippen LogP contribution in [-0.4, -0.2) is 21.1 Å². The van der Waals surface area contributed by atoms with Gasteiger partial charge in [-0.1, -0.05) is 17.7 Å². The van der Waals surface area contributed by atoms with E-state index in [-0.39, 0.29) is 0 Å². The summed E-state index contributed by atoms with van der Waals surface area (Å²) < 4.78 is 1.82. The number of anilines is 1. The highest BCUT2D eigenvalue weighted by Gasteiger charge is 2.07. The lowest BCUT2D eigenvalue weighted by Crippen LogP contribution is -2.24. The largest absolute Gasteiger partial charge is 0.331 e. The van der Waals surface area contributed by atoms with E-state index in [0.29, 0.717) is 10.1 Å². The Morgan fingerprint density at radius 2 is 2.09 bits per heavy atom. The fourth-order valence-electron chi connectivity index (χ4n) is 2.03. The van der Waals surface area contributed by atoms with E-state index in [1.54, 1.807) is 6.21 Å². The summed E-state index contributed by atoms with van der Waals surface area (Å²) in [6.45, 7) is 5.87. The maximum Gasteiger partial charge on any atom is 0.191 e. The molecule has 1 heterocycles. The topological polar surface area (TPSA) is 54.2 Å². The van der Waals surface area contributed by atoms with Gasteiger partial charge in [-0.25, -0.2) is 0 Å². The minimum Gasteiger partial charge on any atom is -0.331 e. The maximum absolute atomic E-state index is 6.08. The van der Waals surface area contributed by atoms with Gasteiger partial charge in [0.05, 0.1) is 11.9 Å². The van der Waals surface area contributed by atoms with E-state index in [9.17, 15) is 0 Å². The van der Waals surface area contributed by atoms with Gasteiger partial charge < -0.3 is 5.32 Å². The lowest BCUT2D eigenvalue weighted by atomic mass is 10.2. The molecule has 2 aromatic rings. The van der Waals surface area contributed by atoms with Gasteiger partial charge in [-0.3, -0.25) is 10.1 Å². The Kier molecular flexibility index (Phi) is 5.15. The zero-order valence-electron chi connectivity index (χ0n) is 12.9. The summed E-state index contributed by atoms with van der Waals surface area (Å²) in [6.07, 6.45) is 1.72. The molecule has 0 aliphatic carbocycles. The number of nitrogens with one attached hydrogen (secondary N) is 2. The van der Waals surface area contributed by atoms with Gasteiger partial charge in [-0.05, 0) is 50.7 Å². The van der Waals surface area contributed by atoms with Crippen molar-refractivity contribution >= 4 is 40.8 Å². The summed E-state index contributed by atoms with van der Waals surface area (Å²) in [7, 11) is 1.90. The second kappa shape index (κ2) is 6.89. The zero-order valence-corrected chi connectivity index (χ0v) is 14.5. The van der Waals surface area contributed by atoms with E-state index < -0.39 is 0 Å². The number of thiocarbonyl (C=S) groups is 1. The highest BCUT2D eigenvalue weighted by Crippen LogP contribution is 2.22. The van der Waals surface area contributed by atoms with Crippen LogP contribution in [0.5, 0.6) is 0 Å². The third-order valence-corrected chi connectivity index (χ3v) is 4.04. The molecular weight excluding hydrogens is 318 g/mol. The Balaban J connectivity index is 2.01. The summed E-state index contributed by atoms with van der Waals surface area (Å²) >= 11 is 11.3. The monoisotopic (exact) mass is 335 g/mol. The van der Waals surface area contributed by atoms with Crippen molar-refractivity contribution in [3.63, 3.8) is 0 Å². The number of rotatable bonds is 3. The maximum atomic E-state index is 6.08. The fourth-order valence-corrected chi connectivity index (χ4v) is 2.36. The third kappa shape index (κ3) is 3.64. The summed E-state index contributed by atoms with van der Waals surface area (Å²) in [4.78, 5) is 0. The molecule has 1 aromatic carbocycles. The van der Waals surface area contributed by atoms with Crippen molar-refractivity contribution in [3.05, 3.63) is 45.7 Å². The molecule has 7 heteroatoms. The predicted octanol–water partition coefficient (Wildman–Crippen LogP) is 3.32. The average molecular weight is 336 g/mol. The Morgan fingerprint density at radius 3 is 2.73 bits per heavy atom. The first-order valence-corrected chi connectivity index (χ1v) is 7.54. The quantitative estimate of drug-likeness (QED) is 0.513. The molecule has 0 spiro atoms. The van der Waals surface area contributed by atoms with Crippen LogP contribution in [0.2, 0.25) is 5.02 Å². The molecule has 0 bridgehead atoms. The summed E-state index contributed by atoms with van der Waals surface area (Å²) in [5, 5.41) is 12.7. The van der Waals surface area contributed by atoms with Crippen LogP contribution in [0.25, 0.3) is 0 Å².